The summed E-state index contributed by atoms with van der Waals surface area (Å²) in [4.78, 5) is 23.7. The number of carbonyl (C=O) groups excluding carboxylic acids is 2. The number of carbonyl (C=O) groups is 2. The maximum Gasteiger partial charge on any atom is 0.269 e. The molecule has 2 aromatic carbocycles. The van der Waals surface area contributed by atoms with Gasteiger partial charge in [-0.2, -0.15) is 0 Å². The maximum atomic E-state index is 11.9. The number of benzene rings is 2. The highest BCUT2D eigenvalue weighted by atomic mass is 35.5. The van der Waals surface area contributed by atoms with E-state index in [1.165, 1.54) is 11.8 Å². The summed E-state index contributed by atoms with van der Waals surface area (Å²) in [5.74, 6) is 0.399. The largest absolute Gasteiger partial charge is 0.272 e. The number of hydrogen-bond acceptors (Lipinski definition) is 3. The molecule has 0 aromatic heterocycles. The molecule has 0 unspecified atom stereocenters. The average molecular weight is 363 g/mol. The zero-order valence-corrected chi connectivity index (χ0v) is 14.9. The summed E-state index contributed by atoms with van der Waals surface area (Å²) in [6.07, 6.45) is 0.920. The van der Waals surface area contributed by atoms with E-state index in [2.05, 4.69) is 17.8 Å². The van der Waals surface area contributed by atoms with Gasteiger partial charge in [0, 0.05) is 16.3 Å². The van der Waals surface area contributed by atoms with Crippen molar-refractivity contribution in [2.75, 3.05) is 5.75 Å². The van der Waals surface area contributed by atoms with Gasteiger partial charge in [0.05, 0.1) is 5.75 Å². The Bertz CT molecular complexity index is 687. The van der Waals surface area contributed by atoms with Crippen LogP contribution >= 0.6 is 23.4 Å². The zero-order chi connectivity index (χ0) is 17.4. The molecule has 126 valence electrons. The van der Waals surface area contributed by atoms with Crippen LogP contribution in [0.3, 0.4) is 0 Å². The lowest BCUT2D eigenvalue weighted by Gasteiger charge is -2.08. The van der Waals surface area contributed by atoms with Crippen molar-refractivity contribution in [1.29, 1.82) is 0 Å². The van der Waals surface area contributed by atoms with Gasteiger partial charge in [-0.25, -0.2) is 0 Å². The molecule has 0 bridgehead atoms. The Morgan fingerprint density at radius 1 is 0.958 bits per heavy atom. The van der Waals surface area contributed by atoms with Crippen molar-refractivity contribution in [2.45, 2.75) is 19.1 Å². The molecule has 0 aliphatic heterocycles. The van der Waals surface area contributed by atoms with E-state index in [1.54, 1.807) is 12.1 Å². The molecule has 0 atom stereocenters. The lowest BCUT2D eigenvalue weighted by molar-refractivity contribution is -0.119. The van der Waals surface area contributed by atoms with Crippen LogP contribution in [0, 0.1) is 0 Å². The minimum atomic E-state index is -0.325. The van der Waals surface area contributed by atoms with Gasteiger partial charge in [0.2, 0.25) is 5.91 Å². The first-order valence-electron chi connectivity index (χ1n) is 7.59. The monoisotopic (exact) mass is 362 g/mol. The van der Waals surface area contributed by atoms with Crippen molar-refractivity contribution in [3.8, 4) is 0 Å². The molecule has 2 aromatic rings. The zero-order valence-electron chi connectivity index (χ0n) is 13.3. The number of nitrogens with one attached hydrogen (secondary N) is 2. The number of hydrazine groups is 1. The van der Waals surface area contributed by atoms with Crippen molar-refractivity contribution in [2.24, 2.45) is 0 Å². The first-order valence-corrected chi connectivity index (χ1v) is 9.12. The Morgan fingerprint density at radius 3 is 2.21 bits per heavy atom. The van der Waals surface area contributed by atoms with Crippen molar-refractivity contribution in [3.63, 3.8) is 0 Å². The fraction of sp³-hybridized carbons (Fsp3) is 0.222. The van der Waals surface area contributed by atoms with E-state index in [9.17, 15) is 9.59 Å². The first kappa shape index (κ1) is 18.4. The number of thioether (sulfide) groups is 1. The Kier molecular flexibility index (Phi) is 7.15. The summed E-state index contributed by atoms with van der Waals surface area (Å²) in [5, 5.41) is 0.691. The Hall–Kier alpha value is -1.98. The molecule has 2 N–H and O–H groups in total. The summed E-state index contributed by atoms with van der Waals surface area (Å²) < 4.78 is 0. The Labute approximate surface area is 150 Å². The van der Waals surface area contributed by atoms with Crippen LogP contribution in [0.15, 0.2) is 48.5 Å². The number of hydrogen-bond donors (Lipinski definition) is 2. The highest BCUT2D eigenvalue weighted by Crippen LogP contribution is 2.15. The molecule has 24 heavy (non-hydrogen) atoms. The van der Waals surface area contributed by atoms with Gasteiger partial charge in [-0.3, -0.25) is 20.4 Å². The number of halogens is 1. The van der Waals surface area contributed by atoms with Crippen molar-refractivity contribution in [3.05, 3.63) is 70.2 Å². The molecular formula is C18H19ClN2O2S. The Balaban J connectivity index is 1.70. The molecule has 2 amide bonds. The molecule has 6 heteroatoms. The second-order valence-corrected chi connectivity index (χ2v) is 6.59. The highest BCUT2D eigenvalue weighted by Gasteiger charge is 2.07. The van der Waals surface area contributed by atoms with Gasteiger partial charge in [0.25, 0.3) is 5.91 Å². The van der Waals surface area contributed by atoms with Crippen LogP contribution in [-0.4, -0.2) is 17.6 Å². The lowest BCUT2D eigenvalue weighted by atomic mass is 10.1. The van der Waals surface area contributed by atoms with E-state index in [-0.39, 0.29) is 17.6 Å². The lowest BCUT2D eigenvalue weighted by Crippen LogP contribution is -2.42. The molecule has 0 aliphatic rings. The normalized spacial score (nSPS) is 10.2. The van der Waals surface area contributed by atoms with Crippen molar-refractivity contribution >= 4 is 35.2 Å². The molecule has 2 rings (SSSR count). The fourth-order valence-electron chi connectivity index (χ4n) is 1.97. The minimum absolute atomic E-state index is 0.243. The molecular weight excluding hydrogens is 344 g/mol. The average Bonchev–Trinajstić information content (AvgIpc) is 2.61. The van der Waals surface area contributed by atoms with Crippen LogP contribution in [0.4, 0.5) is 0 Å². The van der Waals surface area contributed by atoms with Gasteiger partial charge in [-0.05, 0) is 41.8 Å². The maximum absolute atomic E-state index is 11.9. The quantitative estimate of drug-likeness (QED) is 0.772. The summed E-state index contributed by atoms with van der Waals surface area (Å²) >= 11 is 7.29. The minimum Gasteiger partial charge on any atom is -0.272 e. The van der Waals surface area contributed by atoms with Crippen LogP contribution in [0.5, 0.6) is 0 Å². The topological polar surface area (TPSA) is 58.2 Å². The summed E-state index contributed by atoms with van der Waals surface area (Å²) in [6, 6.07) is 14.8. The van der Waals surface area contributed by atoms with E-state index in [1.807, 2.05) is 36.4 Å². The van der Waals surface area contributed by atoms with E-state index in [0.717, 1.165) is 17.5 Å². The number of amides is 2. The van der Waals surface area contributed by atoms with Crippen molar-refractivity contribution in [1.82, 2.24) is 10.9 Å². The third-order valence-corrected chi connectivity index (χ3v) is 4.61. The third kappa shape index (κ3) is 5.91. The van der Waals surface area contributed by atoms with Crippen LogP contribution in [0.2, 0.25) is 5.02 Å². The molecule has 0 radical (unpaired) electrons. The smallest absolute Gasteiger partial charge is 0.269 e. The third-order valence-electron chi connectivity index (χ3n) is 3.35. The van der Waals surface area contributed by atoms with Gasteiger partial charge < -0.3 is 0 Å². The van der Waals surface area contributed by atoms with Gasteiger partial charge >= 0.3 is 0 Å². The standard InChI is InChI=1S/C18H19ClN2O2S/c1-2-13-3-7-15(8-4-13)18(23)21-20-17(22)12-24-11-14-5-9-16(19)10-6-14/h3-10H,2,11-12H2,1H3,(H,20,22)(H,21,23). The van der Waals surface area contributed by atoms with Crippen LogP contribution in [0.1, 0.15) is 28.4 Å². The molecule has 0 saturated heterocycles. The van der Waals surface area contributed by atoms with Crippen LogP contribution in [0.25, 0.3) is 0 Å². The second kappa shape index (κ2) is 9.35. The summed E-state index contributed by atoms with van der Waals surface area (Å²) in [5.41, 5.74) is 7.62. The van der Waals surface area contributed by atoms with Crippen molar-refractivity contribution < 1.29 is 9.59 Å². The predicted octanol–water partition coefficient (Wildman–Crippen LogP) is 3.60. The van der Waals surface area contributed by atoms with Gasteiger partial charge in [-0.15, -0.1) is 11.8 Å². The molecule has 0 heterocycles. The molecule has 0 saturated carbocycles. The highest BCUT2D eigenvalue weighted by molar-refractivity contribution is 7.99. The number of rotatable bonds is 6. The molecule has 0 fully saturated rings. The number of aryl methyl sites for hydroxylation is 1. The predicted molar refractivity (Wildman–Crippen MR) is 99.0 cm³/mol. The summed E-state index contributed by atoms with van der Waals surface area (Å²) in [6.45, 7) is 2.05. The molecule has 0 aliphatic carbocycles. The SMILES string of the molecule is CCc1ccc(C(=O)NNC(=O)CSCc2ccc(Cl)cc2)cc1. The van der Waals surface area contributed by atoms with E-state index in [4.69, 9.17) is 11.6 Å². The van der Waals surface area contributed by atoms with Gasteiger partial charge in [0.15, 0.2) is 0 Å². The molecule has 4 nitrogen and oxygen atoms in total. The Morgan fingerprint density at radius 2 is 1.58 bits per heavy atom. The van der Waals surface area contributed by atoms with E-state index >= 15 is 0 Å². The van der Waals surface area contributed by atoms with Gasteiger partial charge in [0.1, 0.15) is 0 Å². The molecule has 0 spiro atoms. The first-order chi connectivity index (χ1) is 11.6. The van der Waals surface area contributed by atoms with E-state index < -0.39 is 0 Å². The van der Waals surface area contributed by atoms with Crippen LogP contribution < -0.4 is 10.9 Å². The van der Waals surface area contributed by atoms with Crippen LogP contribution in [-0.2, 0) is 17.0 Å². The summed E-state index contributed by atoms with van der Waals surface area (Å²) in [7, 11) is 0. The van der Waals surface area contributed by atoms with E-state index in [0.29, 0.717) is 16.3 Å². The van der Waals surface area contributed by atoms with Gasteiger partial charge in [-0.1, -0.05) is 42.8 Å². The fourth-order valence-corrected chi connectivity index (χ4v) is 2.88. The second-order valence-electron chi connectivity index (χ2n) is 5.17.